The van der Waals surface area contributed by atoms with E-state index in [1.165, 1.54) is 16.8 Å². The van der Waals surface area contributed by atoms with E-state index in [9.17, 15) is 0 Å². The van der Waals surface area contributed by atoms with Crippen molar-refractivity contribution in [1.82, 2.24) is 0 Å². The SMILES string of the molecule is CC1=CCOc2cc(N(C)C)ccc21. The fraction of sp³-hybridized carbons (Fsp3) is 0.333. The summed E-state index contributed by atoms with van der Waals surface area (Å²) < 4.78 is 5.58. The molecule has 1 aromatic rings. The van der Waals surface area contributed by atoms with Crippen molar-refractivity contribution < 1.29 is 4.74 Å². The number of nitrogens with zero attached hydrogens (tertiary/aromatic N) is 1. The van der Waals surface area contributed by atoms with Gasteiger partial charge in [-0.3, -0.25) is 0 Å². The first kappa shape index (κ1) is 9.13. The zero-order valence-corrected chi connectivity index (χ0v) is 8.87. The van der Waals surface area contributed by atoms with Crippen molar-refractivity contribution in [3.63, 3.8) is 0 Å². The molecular weight excluding hydrogens is 174 g/mol. The molecule has 1 heterocycles. The largest absolute Gasteiger partial charge is 0.489 e. The molecule has 2 rings (SSSR count). The van der Waals surface area contributed by atoms with Gasteiger partial charge in [0.1, 0.15) is 12.4 Å². The number of fused-ring (bicyclic) bond motifs is 1. The lowest BCUT2D eigenvalue weighted by Crippen LogP contribution is -2.10. The van der Waals surface area contributed by atoms with Gasteiger partial charge in [-0.2, -0.15) is 0 Å². The molecule has 0 amide bonds. The van der Waals surface area contributed by atoms with Crippen molar-refractivity contribution in [3.8, 4) is 5.75 Å². The Bertz CT molecular complexity index is 380. The Morgan fingerprint density at radius 1 is 1.29 bits per heavy atom. The molecule has 0 atom stereocenters. The van der Waals surface area contributed by atoms with Crippen LogP contribution in [-0.2, 0) is 0 Å². The van der Waals surface area contributed by atoms with Crippen LogP contribution in [0.2, 0.25) is 0 Å². The number of allylic oxidation sites excluding steroid dienone is 1. The zero-order valence-electron chi connectivity index (χ0n) is 8.87. The molecule has 0 aliphatic carbocycles. The third-order valence-corrected chi connectivity index (χ3v) is 2.53. The summed E-state index contributed by atoms with van der Waals surface area (Å²) >= 11 is 0. The lowest BCUT2D eigenvalue weighted by atomic mass is 10.0. The predicted molar refractivity (Wildman–Crippen MR) is 59.9 cm³/mol. The summed E-state index contributed by atoms with van der Waals surface area (Å²) in [5, 5.41) is 0. The second-order valence-corrected chi connectivity index (χ2v) is 3.77. The Balaban J connectivity index is 2.46. The number of rotatable bonds is 1. The molecule has 0 bridgehead atoms. The lowest BCUT2D eigenvalue weighted by molar-refractivity contribution is 0.357. The van der Waals surface area contributed by atoms with Gasteiger partial charge in [0, 0.05) is 31.4 Å². The molecule has 1 aliphatic rings. The molecule has 1 aromatic carbocycles. The average molecular weight is 189 g/mol. The van der Waals surface area contributed by atoms with Crippen molar-refractivity contribution in [3.05, 3.63) is 29.8 Å². The van der Waals surface area contributed by atoms with Crippen LogP contribution in [0.25, 0.3) is 5.57 Å². The normalized spacial score (nSPS) is 14.1. The highest BCUT2D eigenvalue weighted by molar-refractivity contribution is 5.73. The van der Waals surface area contributed by atoms with Crippen molar-refractivity contribution in [2.24, 2.45) is 0 Å². The lowest BCUT2D eigenvalue weighted by Gasteiger charge is -2.19. The fourth-order valence-corrected chi connectivity index (χ4v) is 1.60. The van der Waals surface area contributed by atoms with E-state index in [-0.39, 0.29) is 0 Å². The topological polar surface area (TPSA) is 12.5 Å². The fourth-order valence-electron chi connectivity index (χ4n) is 1.60. The van der Waals surface area contributed by atoms with Gasteiger partial charge in [0.05, 0.1) is 0 Å². The molecule has 2 heteroatoms. The standard InChI is InChI=1S/C12H15NO/c1-9-6-7-14-12-8-10(13(2)3)4-5-11(9)12/h4-6,8H,7H2,1-3H3. The highest BCUT2D eigenvalue weighted by Gasteiger charge is 2.11. The number of anilines is 1. The van der Waals surface area contributed by atoms with Crippen molar-refractivity contribution in [2.45, 2.75) is 6.92 Å². The van der Waals surface area contributed by atoms with E-state index in [1.807, 2.05) is 14.1 Å². The van der Waals surface area contributed by atoms with Crippen molar-refractivity contribution in [2.75, 3.05) is 25.6 Å². The monoisotopic (exact) mass is 189 g/mol. The molecular formula is C12H15NO. The summed E-state index contributed by atoms with van der Waals surface area (Å²) in [6.07, 6.45) is 2.11. The molecule has 0 radical (unpaired) electrons. The van der Waals surface area contributed by atoms with Gasteiger partial charge in [0.2, 0.25) is 0 Å². The van der Waals surface area contributed by atoms with Gasteiger partial charge in [-0.1, -0.05) is 0 Å². The Hall–Kier alpha value is -1.44. The number of benzene rings is 1. The molecule has 0 spiro atoms. The van der Waals surface area contributed by atoms with Crippen LogP contribution >= 0.6 is 0 Å². The molecule has 74 valence electrons. The maximum atomic E-state index is 5.58. The molecule has 1 aliphatic heterocycles. The minimum atomic E-state index is 0.690. The average Bonchev–Trinajstić information content (AvgIpc) is 2.17. The molecule has 0 N–H and O–H groups in total. The van der Waals surface area contributed by atoms with Gasteiger partial charge in [-0.25, -0.2) is 0 Å². The van der Waals surface area contributed by atoms with Gasteiger partial charge >= 0.3 is 0 Å². The Morgan fingerprint density at radius 3 is 2.79 bits per heavy atom. The van der Waals surface area contributed by atoms with Gasteiger partial charge in [-0.15, -0.1) is 0 Å². The summed E-state index contributed by atoms with van der Waals surface area (Å²) in [5.41, 5.74) is 3.69. The van der Waals surface area contributed by atoms with Gasteiger partial charge in [0.25, 0.3) is 0 Å². The van der Waals surface area contributed by atoms with E-state index in [0.717, 1.165) is 5.75 Å². The van der Waals surface area contributed by atoms with Crippen LogP contribution in [0.1, 0.15) is 12.5 Å². The Morgan fingerprint density at radius 2 is 2.07 bits per heavy atom. The zero-order chi connectivity index (χ0) is 10.1. The van der Waals surface area contributed by atoms with Crippen LogP contribution in [0.4, 0.5) is 5.69 Å². The third kappa shape index (κ3) is 1.48. The molecule has 2 nitrogen and oxygen atoms in total. The number of hydrogen-bond donors (Lipinski definition) is 0. The van der Waals surface area contributed by atoms with Crippen molar-refractivity contribution in [1.29, 1.82) is 0 Å². The summed E-state index contributed by atoms with van der Waals surface area (Å²) in [4.78, 5) is 2.08. The smallest absolute Gasteiger partial charge is 0.129 e. The van der Waals surface area contributed by atoms with E-state index in [0.29, 0.717) is 6.61 Å². The van der Waals surface area contributed by atoms with Crippen LogP contribution < -0.4 is 9.64 Å². The Labute approximate surface area is 84.8 Å². The maximum Gasteiger partial charge on any atom is 0.129 e. The molecule has 14 heavy (non-hydrogen) atoms. The van der Waals surface area contributed by atoms with Gasteiger partial charge < -0.3 is 9.64 Å². The summed E-state index contributed by atoms with van der Waals surface area (Å²) in [7, 11) is 4.07. The number of ether oxygens (including phenoxy) is 1. The summed E-state index contributed by atoms with van der Waals surface area (Å²) in [5.74, 6) is 0.996. The van der Waals surface area contributed by atoms with E-state index >= 15 is 0 Å². The van der Waals surface area contributed by atoms with Gasteiger partial charge in [0.15, 0.2) is 0 Å². The maximum absolute atomic E-state index is 5.58. The Kier molecular flexibility index (Phi) is 2.20. The van der Waals surface area contributed by atoms with E-state index in [1.54, 1.807) is 0 Å². The van der Waals surface area contributed by atoms with E-state index in [4.69, 9.17) is 4.74 Å². The molecule has 0 saturated heterocycles. The van der Waals surface area contributed by atoms with E-state index < -0.39 is 0 Å². The minimum absolute atomic E-state index is 0.690. The third-order valence-electron chi connectivity index (χ3n) is 2.53. The molecule has 0 aromatic heterocycles. The quantitative estimate of drug-likeness (QED) is 0.673. The minimum Gasteiger partial charge on any atom is -0.489 e. The van der Waals surface area contributed by atoms with Crippen molar-refractivity contribution >= 4 is 11.3 Å². The second kappa shape index (κ2) is 3.37. The van der Waals surface area contributed by atoms with Crippen LogP contribution in [0.15, 0.2) is 24.3 Å². The van der Waals surface area contributed by atoms with E-state index in [2.05, 4.69) is 36.1 Å². The molecule has 0 fully saturated rings. The molecule has 0 saturated carbocycles. The van der Waals surface area contributed by atoms with Crippen LogP contribution in [0.3, 0.4) is 0 Å². The highest BCUT2D eigenvalue weighted by atomic mass is 16.5. The first-order valence-electron chi connectivity index (χ1n) is 4.80. The second-order valence-electron chi connectivity index (χ2n) is 3.77. The first-order valence-corrected chi connectivity index (χ1v) is 4.80. The number of hydrogen-bond acceptors (Lipinski definition) is 2. The first-order chi connectivity index (χ1) is 6.68. The van der Waals surface area contributed by atoms with Crippen LogP contribution in [-0.4, -0.2) is 20.7 Å². The van der Waals surface area contributed by atoms with Crippen LogP contribution in [0, 0.1) is 0 Å². The van der Waals surface area contributed by atoms with Gasteiger partial charge in [-0.05, 0) is 30.7 Å². The highest BCUT2D eigenvalue weighted by Crippen LogP contribution is 2.32. The summed E-state index contributed by atoms with van der Waals surface area (Å²) in [6, 6.07) is 6.33. The predicted octanol–water partition coefficient (Wildman–Crippen LogP) is 2.55. The summed E-state index contributed by atoms with van der Waals surface area (Å²) in [6.45, 7) is 2.81. The molecule has 0 unspecified atom stereocenters. The van der Waals surface area contributed by atoms with Crippen LogP contribution in [0.5, 0.6) is 5.75 Å².